The number of carbonyl (C=O) groups excluding carboxylic acids is 2. The summed E-state index contributed by atoms with van der Waals surface area (Å²) in [4.78, 5) is 36.9. The normalized spacial score (nSPS) is 26.1. The molecule has 4 atom stereocenters. The second-order valence-electron chi connectivity index (χ2n) is 10.3. The number of nitrogen functional groups attached to an aromatic ring is 1. The Kier molecular flexibility index (Phi) is 9.81. The fraction of sp³-hybridized carbons (Fsp3) is 0.708. The number of phosphoric ester groups is 1. The maximum atomic E-state index is 13.3. The van der Waals surface area contributed by atoms with Gasteiger partial charge in [0.1, 0.15) is 17.9 Å². The highest BCUT2D eigenvalue weighted by Gasteiger charge is 2.56. The lowest BCUT2D eigenvalue weighted by Gasteiger charge is -2.37. The number of amides is 1. The highest BCUT2D eigenvalue weighted by Crippen LogP contribution is 2.60. The monoisotopic (exact) mass is 616 g/mol. The van der Waals surface area contributed by atoms with Gasteiger partial charge in [0.2, 0.25) is 11.8 Å². The van der Waals surface area contributed by atoms with Crippen LogP contribution in [-0.4, -0.2) is 81.2 Å². The number of ether oxygens (including phenoxy) is 3. The highest BCUT2D eigenvalue weighted by atomic mass is 32.2. The number of nitrogens with zero attached hydrogens (tertiary/aromatic N) is 4. The summed E-state index contributed by atoms with van der Waals surface area (Å²) in [6, 6.07) is 0. The van der Waals surface area contributed by atoms with Crippen molar-refractivity contribution in [1.82, 2.24) is 24.8 Å². The lowest BCUT2D eigenvalue weighted by atomic mass is 9.91. The first-order valence-electron chi connectivity index (χ1n) is 13.4. The van der Waals surface area contributed by atoms with E-state index in [-0.39, 0.29) is 42.5 Å². The van der Waals surface area contributed by atoms with Gasteiger partial charge in [-0.05, 0) is 27.2 Å². The Bertz CT molecular complexity index is 1310. The van der Waals surface area contributed by atoms with Crippen molar-refractivity contribution in [1.29, 1.82) is 0 Å². The summed E-state index contributed by atoms with van der Waals surface area (Å²) < 4.78 is 48.5. The Morgan fingerprint density at radius 3 is 2.83 bits per heavy atom. The van der Waals surface area contributed by atoms with E-state index in [0.29, 0.717) is 37.2 Å². The molecule has 2 aromatic heterocycles. The minimum absolute atomic E-state index is 0.00913. The molecule has 2 fully saturated rings. The molecule has 4 rings (SSSR count). The van der Waals surface area contributed by atoms with E-state index in [2.05, 4.69) is 20.3 Å². The molecule has 0 aliphatic carbocycles. The quantitative estimate of drug-likeness (QED) is 0.261. The van der Waals surface area contributed by atoms with Gasteiger partial charge in [-0.3, -0.25) is 22.9 Å². The molecule has 228 valence electrons. The second kappa shape index (κ2) is 12.8. The topological polar surface area (TPSA) is 188 Å². The molecule has 2 aromatic rings. The van der Waals surface area contributed by atoms with Gasteiger partial charge < -0.3 is 25.3 Å². The summed E-state index contributed by atoms with van der Waals surface area (Å²) in [5, 5.41) is 2.53. The van der Waals surface area contributed by atoms with Gasteiger partial charge in [0.15, 0.2) is 16.3 Å². The minimum Gasteiger partial charge on any atom is -0.476 e. The van der Waals surface area contributed by atoms with E-state index in [9.17, 15) is 14.2 Å². The molecular weight excluding hydrogens is 579 g/mol. The maximum absolute atomic E-state index is 13.3. The molecule has 3 N–H and O–H groups in total. The first-order valence-corrected chi connectivity index (χ1v) is 15.8. The number of imidazole rings is 1. The maximum Gasteiger partial charge on any atom is 0.475 e. The Hall–Kier alpha value is -2.49. The zero-order valence-electron chi connectivity index (χ0n) is 23.8. The van der Waals surface area contributed by atoms with Gasteiger partial charge in [-0.15, -0.1) is 0 Å². The molecule has 17 heteroatoms. The standard InChI is InChI=1S/C24H37N6O9PS/c1-6-34-19-17-18(28-21(25)29-19)30(14-27-17)16-12-24(5)15(38-16)13-37-40(33,39-24)36-10-11-41-20(31)23(3,4)8-9-26-22(32)35-7-2/h14-16H,6-13H2,1-5H3,(H,26,32)(H2,25,28,29). The SMILES string of the molecule is CCOC(=O)NCCC(C)(C)C(=O)SCCOP1(=O)OCC2OC(n3cnc4c(OCC)nc(N)nc43)CC2(C)O1. The van der Waals surface area contributed by atoms with Crippen molar-refractivity contribution in [3.63, 3.8) is 0 Å². The molecular formula is C24H37N6O9PS. The molecule has 4 heterocycles. The Morgan fingerprint density at radius 2 is 2.10 bits per heavy atom. The number of hydrogen-bond acceptors (Lipinski definition) is 14. The Morgan fingerprint density at radius 1 is 1.32 bits per heavy atom. The number of nitrogens with one attached hydrogen (secondary N) is 1. The van der Waals surface area contributed by atoms with E-state index in [4.69, 9.17) is 33.5 Å². The predicted molar refractivity (Wildman–Crippen MR) is 149 cm³/mol. The molecule has 2 aliphatic rings. The van der Waals surface area contributed by atoms with Crippen LogP contribution in [0.15, 0.2) is 6.33 Å². The number of alkyl carbamates (subject to hydrolysis) is 1. The van der Waals surface area contributed by atoms with Crippen LogP contribution in [0.2, 0.25) is 0 Å². The van der Waals surface area contributed by atoms with Crippen molar-refractivity contribution < 1.29 is 41.9 Å². The third-order valence-electron chi connectivity index (χ3n) is 6.70. The molecule has 0 bridgehead atoms. The van der Waals surface area contributed by atoms with Crippen LogP contribution in [0.1, 0.15) is 53.7 Å². The van der Waals surface area contributed by atoms with Crippen molar-refractivity contribution in [3.05, 3.63) is 6.33 Å². The van der Waals surface area contributed by atoms with Gasteiger partial charge in [0.25, 0.3) is 0 Å². The predicted octanol–water partition coefficient (Wildman–Crippen LogP) is 3.45. The van der Waals surface area contributed by atoms with E-state index >= 15 is 0 Å². The number of rotatable bonds is 12. The molecule has 41 heavy (non-hydrogen) atoms. The molecule has 15 nitrogen and oxygen atoms in total. The van der Waals surface area contributed by atoms with Crippen LogP contribution in [0.4, 0.5) is 10.7 Å². The molecule has 1 amide bonds. The summed E-state index contributed by atoms with van der Waals surface area (Å²) in [6.07, 6.45) is 0.712. The van der Waals surface area contributed by atoms with Crippen molar-refractivity contribution in [2.24, 2.45) is 5.41 Å². The van der Waals surface area contributed by atoms with Gasteiger partial charge in [0.05, 0.1) is 32.8 Å². The van der Waals surface area contributed by atoms with E-state index in [1.165, 1.54) is 0 Å². The zero-order chi connectivity index (χ0) is 29.8. The molecule has 2 aliphatic heterocycles. The van der Waals surface area contributed by atoms with E-state index in [0.717, 1.165) is 11.8 Å². The number of carbonyl (C=O) groups is 2. The van der Waals surface area contributed by atoms with Crippen molar-refractivity contribution in [3.8, 4) is 5.88 Å². The largest absolute Gasteiger partial charge is 0.476 e. The number of hydrogen-bond donors (Lipinski definition) is 2. The lowest BCUT2D eigenvalue weighted by Crippen LogP contribution is -2.44. The minimum atomic E-state index is -3.92. The van der Waals surface area contributed by atoms with Crippen molar-refractivity contribution in [2.75, 3.05) is 44.5 Å². The van der Waals surface area contributed by atoms with Crippen LogP contribution in [-0.2, 0) is 32.4 Å². The summed E-state index contributed by atoms with van der Waals surface area (Å²) in [5.41, 5.74) is 5.09. The van der Waals surface area contributed by atoms with Gasteiger partial charge >= 0.3 is 13.9 Å². The second-order valence-corrected chi connectivity index (χ2v) is 13.0. The smallest absolute Gasteiger partial charge is 0.475 e. The van der Waals surface area contributed by atoms with Crippen LogP contribution in [0, 0.1) is 5.41 Å². The van der Waals surface area contributed by atoms with Crippen LogP contribution < -0.4 is 15.8 Å². The van der Waals surface area contributed by atoms with Gasteiger partial charge in [-0.1, -0.05) is 25.6 Å². The molecule has 2 saturated heterocycles. The first kappa shape index (κ1) is 31.4. The third kappa shape index (κ3) is 7.30. The van der Waals surface area contributed by atoms with Gasteiger partial charge in [0, 0.05) is 24.1 Å². The van der Waals surface area contributed by atoms with Crippen molar-refractivity contribution in [2.45, 2.75) is 65.4 Å². The molecule has 0 radical (unpaired) electrons. The highest BCUT2D eigenvalue weighted by molar-refractivity contribution is 8.13. The number of nitrogens with two attached hydrogens (primary N) is 1. The van der Waals surface area contributed by atoms with E-state index < -0.39 is 37.3 Å². The van der Waals surface area contributed by atoms with Crippen molar-refractivity contribution >= 4 is 47.9 Å². The first-order chi connectivity index (χ1) is 19.4. The van der Waals surface area contributed by atoms with Crippen LogP contribution in [0.5, 0.6) is 5.88 Å². The number of aromatic nitrogens is 4. The summed E-state index contributed by atoms with van der Waals surface area (Å²) in [6.45, 7) is 9.85. The zero-order valence-corrected chi connectivity index (χ0v) is 25.5. The fourth-order valence-electron chi connectivity index (χ4n) is 4.43. The number of phosphoric acid groups is 1. The Balaban J connectivity index is 1.30. The Labute approximate surface area is 242 Å². The lowest BCUT2D eigenvalue weighted by molar-refractivity contribution is -0.118. The summed E-state index contributed by atoms with van der Waals surface area (Å²) in [5.74, 6) is 0.559. The number of anilines is 1. The average molecular weight is 617 g/mol. The molecule has 0 saturated carbocycles. The van der Waals surface area contributed by atoms with Crippen LogP contribution in [0.3, 0.4) is 0 Å². The van der Waals surface area contributed by atoms with E-state index in [1.54, 1.807) is 38.6 Å². The molecule has 0 aromatic carbocycles. The molecule has 0 spiro atoms. The number of thioether (sulfide) groups is 1. The van der Waals surface area contributed by atoms with Crippen LogP contribution in [0.25, 0.3) is 11.2 Å². The molecule has 4 unspecified atom stereocenters. The van der Waals surface area contributed by atoms with Gasteiger partial charge in [-0.25, -0.2) is 14.3 Å². The van der Waals surface area contributed by atoms with E-state index in [1.807, 2.05) is 6.92 Å². The van der Waals surface area contributed by atoms with Gasteiger partial charge in [-0.2, -0.15) is 9.97 Å². The van der Waals surface area contributed by atoms with Crippen LogP contribution >= 0.6 is 19.6 Å². The fourth-order valence-corrected chi connectivity index (χ4v) is 6.92. The third-order valence-corrected chi connectivity index (χ3v) is 9.49. The summed E-state index contributed by atoms with van der Waals surface area (Å²) in [7, 11) is -3.92. The number of fused-ring (bicyclic) bond motifs is 2. The summed E-state index contributed by atoms with van der Waals surface area (Å²) >= 11 is 1.06. The average Bonchev–Trinajstić information content (AvgIpc) is 3.46.